The van der Waals surface area contributed by atoms with Gasteiger partial charge < -0.3 is 10.1 Å². The van der Waals surface area contributed by atoms with Crippen LogP contribution in [0.1, 0.15) is 22.0 Å². The van der Waals surface area contributed by atoms with Crippen LogP contribution in [0.15, 0.2) is 35.7 Å². The second-order valence-electron chi connectivity index (χ2n) is 5.49. The van der Waals surface area contributed by atoms with E-state index >= 15 is 0 Å². The van der Waals surface area contributed by atoms with E-state index in [0.717, 1.165) is 31.9 Å². The Morgan fingerprint density at radius 2 is 2.05 bits per heavy atom. The fourth-order valence-corrected chi connectivity index (χ4v) is 3.96. The van der Waals surface area contributed by atoms with Crippen LogP contribution >= 0.6 is 11.3 Å². The summed E-state index contributed by atoms with van der Waals surface area (Å²) in [5.74, 6) is 0.931. The first-order valence-corrected chi connectivity index (χ1v) is 8.29. The van der Waals surface area contributed by atoms with E-state index in [1.807, 2.05) is 17.4 Å². The van der Waals surface area contributed by atoms with E-state index in [2.05, 4.69) is 46.8 Å². The van der Waals surface area contributed by atoms with Gasteiger partial charge >= 0.3 is 0 Å². The maximum atomic E-state index is 5.41. The zero-order valence-corrected chi connectivity index (χ0v) is 13.5. The van der Waals surface area contributed by atoms with Crippen LogP contribution < -0.4 is 10.1 Å². The lowest BCUT2D eigenvalue weighted by Crippen LogP contribution is -2.45. The highest BCUT2D eigenvalue weighted by molar-refractivity contribution is 7.10. The zero-order chi connectivity index (χ0) is 14.7. The molecule has 1 aromatic carbocycles. The topological polar surface area (TPSA) is 24.5 Å². The molecule has 3 nitrogen and oxygen atoms in total. The summed E-state index contributed by atoms with van der Waals surface area (Å²) >= 11 is 1.86. The number of piperazine rings is 1. The van der Waals surface area contributed by atoms with Gasteiger partial charge in [0.05, 0.1) is 13.2 Å². The number of thiophene rings is 1. The van der Waals surface area contributed by atoms with Crippen LogP contribution in [-0.4, -0.2) is 38.2 Å². The molecule has 112 valence electrons. The molecule has 1 aliphatic heterocycles. The van der Waals surface area contributed by atoms with E-state index in [-0.39, 0.29) is 0 Å². The van der Waals surface area contributed by atoms with Gasteiger partial charge in [-0.25, -0.2) is 0 Å². The van der Waals surface area contributed by atoms with Gasteiger partial charge in [0, 0.05) is 31.1 Å². The Kier molecular flexibility index (Phi) is 4.58. The van der Waals surface area contributed by atoms with Crippen LogP contribution in [-0.2, 0) is 0 Å². The smallest absolute Gasteiger partial charge is 0.119 e. The Labute approximate surface area is 130 Å². The third-order valence-corrected chi connectivity index (χ3v) is 5.05. The van der Waals surface area contributed by atoms with E-state index in [4.69, 9.17) is 4.74 Å². The van der Waals surface area contributed by atoms with Crippen molar-refractivity contribution in [3.63, 3.8) is 0 Å². The summed E-state index contributed by atoms with van der Waals surface area (Å²) in [6.45, 7) is 6.45. The Morgan fingerprint density at radius 1 is 1.24 bits per heavy atom. The summed E-state index contributed by atoms with van der Waals surface area (Å²) < 4.78 is 5.41. The predicted octanol–water partition coefficient (Wildman–Crippen LogP) is 3.06. The molecule has 1 aliphatic rings. The van der Waals surface area contributed by atoms with Crippen LogP contribution in [0.3, 0.4) is 0 Å². The summed E-state index contributed by atoms with van der Waals surface area (Å²) in [6, 6.07) is 11.1. The molecule has 1 aromatic heterocycles. The van der Waals surface area contributed by atoms with E-state index in [1.165, 1.54) is 16.0 Å². The lowest BCUT2D eigenvalue weighted by molar-refractivity contribution is 0.200. The number of benzene rings is 1. The van der Waals surface area contributed by atoms with Crippen LogP contribution in [0.5, 0.6) is 5.75 Å². The highest BCUT2D eigenvalue weighted by Crippen LogP contribution is 2.34. The molecule has 1 saturated heterocycles. The van der Waals surface area contributed by atoms with Gasteiger partial charge in [-0.3, -0.25) is 4.90 Å². The number of methoxy groups -OCH3 is 1. The second-order valence-corrected chi connectivity index (χ2v) is 6.43. The van der Waals surface area contributed by atoms with Gasteiger partial charge in [0.25, 0.3) is 0 Å². The van der Waals surface area contributed by atoms with Crippen molar-refractivity contribution in [1.29, 1.82) is 0 Å². The van der Waals surface area contributed by atoms with Gasteiger partial charge in [-0.1, -0.05) is 12.1 Å². The van der Waals surface area contributed by atoms with Gasteiger partial charge in [0.15, 0.2) is 0 Å². The minimum atomic E-state index is 0.334. The highest BCUT2D eigenvalue weighted by atomic mass is 32.1. The van der Waals surface area contributed by atoms with Crippen molar-refractivity contribution in [2.45, 2.75) is 13.0 Å². The minimum Gasteiger partial charge on any atom is -0.497 e. The third kappa shape index (κ3) is 3.28. The number of ether oxygens (including phenoxy) is 1. The zero-order valence-electron chi connectivity index (χ0n) is 12.6. The van der Waals surface area contributed by atoms with Crippen molar-refractivity contribution in [2.24, 2.45) is 0 Å². The Bertz CT molecular complexity index is 590. The number of nitrogens with one attached hydrogen (secondary N) is 1. The summed E-state index contributed by atoms with van der Waals surface area (Å²) in [4.78, 5) is 3.99. The molecule has 2 heterocycles. The van der Waals surface area contributed by atoms with Crippen molar-refractivity contribution < 1.29 is 4.74 Å². The van der Waals surface area contributed by atoms with Crippen LogP contribution in [0.25, 0.3) is 0 Å². The number of hydrogen-bond donors (Lipinski definition) is 1. The molecule has 0 bridgehead atoms. The molecule has 21 heavy (non-hydrogen) atoms. The molecule has 0 aliphatic carbocycles. The van der Waals surface area contributed by atoms with E-state index < -0.39 is 0 Å². The largest absolute Gasteiger partial charge is 0.497 e. The summed E-state index contributed by atoms with van der Waals surface area (Å²) in [5.41, 5.74) is 2.66. The quantitative estimate of drug-likeness (QED) is 0.939. The molecule has 4 heteroatoms. The molecular weight excluding hydrogens is 280 g/mol. The molecule has 1 unspecified atom stereocenters. The molecule has 2 aromatic rings. The standard InChI is InChI=1S/C17H22N2OS/c1-13-10-16(21-12-13)17(19-8-6-18-7-9-19)14-4-3-5-15(11-14)20-2/h3-5,10-12,17-18H,6-9H2,1-2H3. The fraction of sp³-hybridized carbons (Fsp3) is 0.412. The third-order valence-electron chi connectivity index (χ3n) is 3.95. The van der Waals surface area contributed by atoms with Crippen molar-refractivity contribution in [3.8, 4) is 5.75 Å². The van der Waals surface area contributed by atoms with E-state index in [1.54, 1.807) is 7.11 Å². The lowest BCUT2D eigenvalue weighted by atomic mass is 10.0. The van der Waals surface area contributed by atoms with Crippen molar-refractivity contribution in [1.82, 2.24) is 10.2 Å². The van der Waals surface area contributed by atoms with Crippen molar-refractivity contribution in [3.05, 3.63) is 51.7 Å². The monoisotopic (exact) mass is 302 g/mol. The fourth-order valence-electron chi connectivity index (χ4n) is 2.90. The van der Waals surface area contributed by atoms with Crippen molar-refractivity contribution in [2.75, 3.05) is 33.3 Å². The average molecular weight is 302 g/mol. The Balaban J connectivity index is 1.97. The molecule has 0 amide bonds. The maximum absolute atomic E-state index is 5.41. The first kappa shape index (κ1) is 14.6. The summed E-state index contributed by atoms with van der Waals surface area (Å²) in [6.07, 6.45) is 0. The maximum Gasteiger partial charge on any atom is 0.119 e. The molecule has 0 saturated carbocycles. The summed E-state index contributed by atoms with van der Waals surface area (Å²) in [5, 5.41) is 5.68. The molecular formula is C17H22N2OS. The molecule has 1 fully saturated rings. The Hall–Kier alpha value is -1.36. The normalized spacial score (nSPS) is 17.6. The van der Waals surface area contributed by atoms with Crippen LogP contribution in [0.4, 0.5) is 0 Å². The van der Waals surface area contributed by atoms with Crippen molar-refractivity contribution >= 4 is 11.3 Å². The first-order valence-electron chi connectivity index (χ1n) is 7.41. The van der Waals surface area contributed by atoms with Crippen LogP contribution in [0, 0.1) is 6.92 Å². The first-order chi connectivity index (χ1) is 10.3. The Morgan fingerprint density at radius 3 is 2.71 bits per heavy atom. The van der Waals surface area contributed by atoms with E-state index in [0.29, 0.717) is 6.04 Å². The van der Waals surface area contributed by atoms with Gasteiger partial charge in [-0.05, 0) is 41.6 Å². The predicted molar refractivity (Wildman–Crippen MR) is 88.3 cm³/mol. The van der Waals surface area contributed by atoms with Gasteiger partial charge in [0.2, 0.25) is 0 Å². The number of rotatable bonds is 4. The molecule has 0 radical (unpaired) electrons. The second kappa shape index (κ2) is 6.60. The molecule has 1 atom stereocenters. The molecule has 3 rings (SSSR count). The SMILES string of the molecule is COc1cccc(C(c2cc(C)cs2)N2CCNCC2)c1. The molecule has 0 spiro atoms. The van der Waals surface area contributed by atoms with E-state index in [9.17, 15) is 0 Å². The molecule has 1 N–H and O–H groups in total. The highest BCUT2D eigenvalue weighted by Gasteiger charge is 2.25. The van der Waals surface area contributed by atoms with Gasteiger partial charge in [-0.2, -0.15) is 0 Å². The number of hydrogen-bond acceptors (Lipinski definition) is 4. The number of nitrogens with zero attached hydrogens (tertiary/aromatic N) is 1. The summed E-state index contributed by atoms with van der Waals surface area (Å²) in [7, 11) is 1.73. The minimum absolute atomic E-state index is 0.334. The van der Waals surface area contributed by atoms with Gasteiger partial charge in [-0.15, -0.1) is 11.3 Å². The average Bonchev–Trinajstić information content (AvgIpc) is 2.95. The number of aryl methyl sites for hydroxylation is 1. The van der Waals surface area contributed by atoms with Gasteiger partial charge in [0.1, 0.15) is 5.75 Å². The van der Waals surface area contributed by atoms with Crippen LogP contribution in [0.2, 0.25) is 0 Å². The lowest BCUT2D eigenvalue weighted by Gasteiger charge is -2.34.